The van der Waals surface area contributed by atoms with Crippen LogP contribution in [0.15, 0.2) is 97.2 Å². The zero-order valence-corrected chi connectivity index (χ0v) is 21.6. The first kappa shape index (κ1) is 26.5. The molecule has 4 nitrogen and oxygen atoms in total. The van der Waals surface area contributed by atoms with Crippen LogP contribution in [0.4, 0.5) is 13.2 Å². The van der Waals surface area contributed by atoms with Crippen LogP contribution in [0.5, 0.6) is 0 Å². The fraction of sp³-hybridized carbons (Fsp3) is 0.0667. The lowest BCUT2D eigenvalue weighted by Crippen LogP contribution is -2.04. The van der Waals surface area contributed by atoms with E-state index in [0.717, 1.165) is 23.3 Å². The van der Waals surface area contributed by atoms with E-state index in [0.29, 0.717) is 44.8 Å². The predicted octanol–water partition coefficient (Wildman–Crippen LogP) is 8.96. The van der Waals surface area contributed by atoms with Crippen molar-refractivity contribution < 1.29 is 23.1 Å². The van der Waals surface area contributed by atoms with Crippen molar-refractivity contribution >= 4 is 29.2 Å². The number of nitrogens with zero attached hydrogens (tertiary/aromatic N) is 2. The minimum absolute atomic E-state index is 0.184. The van der Waals surface area contributed by atoms with Gasteiger partial charge in [-0.1, -0.05) is 71.7 Å². The molecule has 1 heterocycles. The van der Waals surface area contributed by atoms with Gasteiger partial charge in [-0.25, -0.2) is 9.78 Å². The molecule has 0 saturated heterocycles. The smallest absolute Gasteiger partial charge is 0.416 e. The predicted molar refractivity (Wildman–Crippen MR) is 146 cm³/mol. The van der Waals surface area contributed by atoms with Crippen LogP contribution in [0.3, 0.4) is 0 Å². The van der Waals surface area contributed by atoms with E-state index < -0.39 is 17.7 Å². The summed E-state index contributed by atoms with van der Waals surface area (Å²) in [4.78, 5) is 16.1. The lowest BCUT2D eigenvalue weighted by molar-refractivity contribution is -0.137. The number of aromatic nitrogens is 2. The summed E-state index contributed by atoms with van der Waals surface area (Å²) in [5.74, 6) is -0.403. The lowest BCUT2D eigenvalue weighted by atomic mass is 10.0. The Labute approximate surface area is 231 Å². The summed E-state index contributed by atoms with van der Waals surface area (Å²) >= 11 is 12.5. The van der Waals surface area contributed by atoms with E-state index >= 15 is 0 Å². The largest absolute Gasteiger partial charge is 0.478 e. The van der Waals surface area contributed by atoms with E-state index in [9.17, 15) is 23.1 Å². The van der Waals surface area contributed by atoms with Gasteiger partial charge in [-0.15, -0.1) is 0 Å². The van der Waals surface area contributed by atoms with E-state index in [1.54, 1.807) is 60.7 Å². The lowest BCUT2D eigenvalue weighted by Gasteiger charge is -2.11. The number of hydrogen-bond donors (Lipinski definition) is 1. The first-order valence-electron chi connectivity index (χ1n) is 11.7. The summed E-state index contributed by atoms with van der Waals surface area (Å²) in [6.45, 7) is 0.392. The van der Waals surface area contributed by atoms with Crippen molar-refractivity contribution in [2.75, 3.05) is 0 Å². The summed E-state index contributed by atoms with van der Waals surface area (Å²) in [6, 6.07) is 24.0. The summed E-state index contributed by atoms with van der Waals surface area (Å²) in [7, 11) is 0. The minimum atomic E-state index is -4.43. The van der Waals surface area contributed by atoms with Crippen molar-refractivity contribution in [1.29, 1.82) is 0 Å². The van der Waals surface area contributed by atoms with Gasteiger partial charge in [-0.2, -0.15) is 13.2 Å². The number of halogens is 5. The molecule has 196 valence electrons. The van der Waals surface area contributed by atoms with Crippen LogP contribution < -0.4 is 0 Å². The SMILES string of the molecule is O=C(O)c1ccc(Cn2cc(-c3ccc(Cl)cc3Cl)nc2-c2ccc(-c3cccc(C(F)(F)F)c3)cc2)cc1. The van der Waals surface area contributed by atoms with Crippen molar-refractivity contribution in [1.82, 2.24) is 9.55 Å². The third-order valence-corrected chi connectivity index (χ3v) is 6.75. The Morgan fingerprint density at radius 3 is 2.18 bits per heavy atom. The van der Waals surface area contributed by atoms with E-state index in [2.05, 4.69) is 0 Å². The molecular weight excluding hydrogens is 548 g/mol. The summed E-state index contributed by atoms with van der Waals surface area (Å²) in [5, 5.41) is 10.1. The first-order valence-corrected chi connectivity index (χ1v) is 12.5. The van der Waals surface area contributed by atoms with Gasteiger partial charge in [0.15, 0.2) is 0 Å². The van der Waals surface area contributed by atoms with Crippen LogP contribution in [-0.2, 0) is 12.7 Å². The summed E-state index contributed by atoms with van der Waals surface area (Å²) < 4.78 is 41.5. The molecule has 0 amide bonds. The summed E-state index contributed by atoms with van der Waals surface area (Å²) in [6.07, 6.45) is -2.58. The topological polar surface area (TPSA) is 55.1 Å². The van der Waals surface area contributed by atoms with Crippen LogP contribution in [0.25, 0.3) is 33.8 Å². The van der Waals surface area contributed by atoms with E-state index in [4.69, 9.17) is 28.2 Å². The van der Waals surface area contributed by atoms with Gasteiger partial charge in [0, 0.05) is 28.9 Å². The molecule has 0 bridgehead atoms. The highest BCUT2D eigenvalue weighted by Crippen LogP contribution is 2.35. The molecular formula is C30H19Cl2F3N2O2. The fourth-order valence-corrected chi connectivity index (χ4v) is 4.74. The molecule has 0 saturated carbocycles. The molecule has 0 aliphatic heterocycles. The van der Waals surface area contributed by atoms with Crippen molar-refractivity contribution in [2.45, 2.75) is 12.7 Å². The zero-order valence-electron chi connectivity index (χ0n) is 20.1. The number of alkyl halides is 3. The van der Waals surface area contributed by atoms with Gasteiger partial charge in [0.05, 0.1) is 21.8 Å². The van der Waals surface area contributed by atoms with Crippen LogP contribution in [0.2, 0.25) is 10.0 Å². The van der Waals surface area contributed by atoms with Crippen LogP contribution in [0, 0.1) is 0 Å². The first-order chi connectivity index (χ1) is 18.6. The van der Waals surface area contributed by atoms with Crippen LogP contribution in [-0.4, -0.2) is 20.6 Å². The number of imidazole rings is 1. The Balaban J connectivity index is 1.54. The van der Waals surface area contributed by atoms with Gasteiger partial charge in [0.25, 0.3) is 0 Å². The molecule has 4 aromatic carbocycles. The quantitative estimate of drug-likeness (QED) is 0.223. The molecule has 0 spiro atoms. The molecule has 0 radical (unpaired) electrons. The Morgan fingerprint density at radius 1 is 0.846 bits per heavy atom. The maximum absolute atomic E-state index is 13.2. The molecule has 9 heteroatoms. The zero-order chi connectivity index (χ0) is 27.7. The molecule has 0 atom stereocenters. The van der Waals surface area contributed by atoms with Crippen molar-refractivity contribution in [3.8, 4) is 33.8 Å². The third kappa shape index (κ3) is 5.85. The third-order valence-electron chi connectivity index (χ3n) is 6.20. The minimum Gasteiger partial charge on any atom is -0.478 e. The van der Waals surface area contributed by atoms with Gasteiger partial charge >= 0.3 is 12.1 Å². The van der Waals surface area contributed by atoms with E-state index in [1.807, 2.05) is 10.8 Å². The van der Waals surface area contributed by atoms with Crippen molar-refractivity contribution in [3.63, 3.8) is 0 Å². The Morgan fingerprint density at radius 2 is 1.54 bits per heavy atom. The molecule has 1 aromatic heterocycles. The number of carbonyl (C=O) groups is 1. The standard InChI is InChI=1S/C30H19Cl2F3N2O2/c31-24-12-13-25(26(32)15-24)27-17-37(16-18-4-6-21(7-5-18)29(38)39)28(36-27)20-10-8-19(9-11-20)22-2-1-3-23(14-22)30(33,34)35/h1-15,17H,16H2,(H,38,39). The van der Waals surface area contributed by atoms with Crippen LogP contribution >= 0.6 is 23.2 Å². The molecule has 5 rings (SSSR count). The monoisotopic (exact) mass is 566 g/mol. The molecule has 0 unspecified atom stereocenters. The Kier molecular flexibility index (Phi) is 7.21. The van der Waals surface area contributed by atoms with Gasteiger partial charge in [0.2, 0.25) is 0 Å². The molecule has 0 aliphatic rings. The fourth-order valence-electron chi connectivity index (χ4n) is 4.23. The van der Waals surface area contributed by atoms with Crippen molar-refractivity contribution in [2.24, 2.45) is 0 Å². The maximum atomic E-state index is 13.2. The second kappa shape index (κ2) is 10.6. The van der Waals surface area contributed by atoms with Gasteiger partial charge in [0.1, 0.15) is 5.82 Å². The van der Waals surface area contributed by atoms with Gasteiger partial charge in [-0.3, -0.25) is 0 Å². The number of carboxylic acid groups (broad SMARTS) is 1. The second-order valence-electron chi connectivity index (χ2n) is 8.86. The highest BCUT2D eigenvalue weighted by molar-refractivity contribution is 6.36. The van der Waals surface area contributed by atoms with Crippen molar-refractivity contribution in [3.05, 3.63) is 124 Å². The van der Waals surface area contributed by atoms with Gasteiger partial charge in [-0.05, 0) is 59.2 Å². The highest BCUT2D eigenvalue weighted by Gasteiger charge is 2.30. The normalized spacial score (nSPS) is 11.5. The van der Waals surface area contributed by atoms with Crippen LogP contribution in [0.1, 0.15) is 21.5 Å². The average molecular weight is 567 g/mol. The second-order valence-corrected chi connectivity index (χ2v) is 9.70. The van der Waals surface area contributed by atoms with E-state index in [1.165, 1.54) is 18.2 Å². The Hall–Kier alpha value is -4.07. The Bertz CT molecular complexity index is 1660. The number of hydrogen-bond acceptors (Lipinski definition) is 2. The molecule has 0 fully saturated rings. The molecule has 39 heavy (non-hydrogen) atoms. The number of benzene rings is 4. The number of carboxylic acids is 1. The molecule has 1 N–H and O–H groups in total. The van der Waals surface area contributed by atoms with Gasteiger partial charge < -0.3 is 9.67 Å². The highest BCUT2D eigenvalue weighted by atomic mass is 35.5. The molecule has 5 aromatic rings. The molecule has 0 aliphatic carbocycles. The number of aromatic carboxylic acids is 1. The van der Waals surface area contributed by atoms with E-state index in [-0.39, 0.29) is 5.56 Å². The summed E-state index contributed by atoms with van der Waals surface area (Å²) in [5.41, 5.74) is 3.44. The maximum Gasteiger partial charge on any atom is 0.416 e. The number of rotatable bonds is 6. The average Bonchev–Trinajstić information content (AvgIpc) is 3.32.